The molecule has 29 heavy (non-hydrogen) atoms. The third kappa shape index (κ3) is 4.27. The summed E-state index contributed by atoms with van der Waals surface area (Å²) in [6.45, 7) is 0.565. The lowest BCUT2D eigenvalue weighted by Gasteiger charge is -2.09. The minimum Gasteiger partial charge on any atom is -0.497 e. The van der Waals surface area contributed by atoms with Gasteiger partial charge in [0.2, 0.25) is 0 Å². The SMILES string of the molecule is COc1ccc(Cn2nc(-c3ccc(Cl)cc3)c(Cl)c2-c2ccc(Cl)cc2)cc1. The van der Waals surface area contributed by atoms with Crippen LogP contribution in [0.15, 0.2) is 72.8 Å². The second kappa shape index (κ2) is 8.50. The van der Waals surface area contributed by atoms with Crippen molar-refractivity contribution in [1.29, 1.82) is 0 Å². The maximum atomic E-state index is 6.82. The van der Waals surface area contributed by atoms with E-state index in [1.54, 1.807) is 7.11 Å². The minimum absolute atomic E-state index is 0.565. The zero-order valence-corrected chi connectivity index (χ0v) is 17.8. The van der Waals surface area contributed by atoms with Gasteiger partial charge in [0.15, 0.2) is 0 Å². The van der Waals surface area contributed by atoms with Crippen molar-refractivity contribution in [1.82, 2.24) is 9.78 Å². The van der Waals surface area contributed by atoms with E-state index in [2.05, 4.69) is 0 Å². The summed E-state index contributed by atoms with van der Waals surface area (Å²) in [4.78, 5) is 0. The number of hydrogen-bond acceptors (Lipinski definition) is 2. The molecule has 4 rings (SSSR count). The van der Waals surface area contributed by atoms with Crippen molar-refractivity contribution in [2.45, 2.75) is 6.54 Å². The summed E-state index contributed by atoms with van der Waals surface area (Å²) in [6.07, 6.45) is 0. The van der Waals surface area contributed by atoms with E-state index in [-0.39, 0.29) is 0 Å². The van der Waals surface area contributed by atoms with Gasteiger partial charge >= 0.3 is 0 Å². The molecule has 0 bridgehead atoms. The van der Waals surface area contributed by atoms with Crippen molar-refractivity contribution in [2.75, 3.05) is 7.11 Å². The van der Waals surface area contributed by atoms with Crippen LogP contribution < -0.4 is 4.74 Å². The molecule has 0 aliphatic rings. The van der Waals surface area contributed by atoms with E-state index in [1.807, 2.05) is 77.5 Å². The molecule has 0 aliphatic carbocycles. The molecule has 0 aliphatic heterocycles. The summed E-state index contributed by atoms with van der Waals surface area (Å²) in [7, 11) is 1.65. The number of methoxy groups -OCH3 is 1. The second-order valence-corrected chi connectivity index (χ2v) is 7.78. The standard InChI is InChI=1S/C23H17Cl3N2O/c1-29-20-12-2-15(3-13-20)14-28-23(17-6-10-19(25)11-7-17)21(26)22(27-28)16-4-8-18(24)9-5-16/h2-13H,14H2,1H3. The normalized spacial score (nSPS) is 10.9. The van der Waals surface area contributed by atoms with Gasteiger partial charge in [-0.2, -0.15) is 5.10 Å². The molecular weight excluding hydrogens is 427 g/mol. The van der Waals surface area contributed by atoms with E-state index >= 15 is 0 Å². The van der Waals surface area contributed by atoms with Gasteiger partial charge in [-0.15, -0.1) is 0 Å². The molecule has 0 amide bonds. The Hall–Kier alpha value is -2.46. The molecule has 3 nitrogen and oxygen atoms in total. The Bertz CT molecular complexity index is 1120. The second-order valence-electron chi connectivity index (χ2n) is 6.53. The molecule has 0 saturated heterocycles. The summed E-state index contributed by atoms with van der Waals surface area (Å²) in [5.41, 5.74) is 4.48. The fraction of sp³-hybridized carbons (Fsp3) is 0.0870. The zero-order chi connectivity index (χ0) is 20.4. The summed E-state index contributed by atoms with van der Waals surface area (Å²) in [6, 6.07) is 23.0. The highest BCUT2D eigenvalue weighted by atomic mass is 35.5. The largest absolute Gasteiger partial charge is 0.497 e. The average molecular weight is 444 g/mol. The Kier molecular flexibility index (Phi) is 5.81. The molecule has 3 aromatic carbocycles. The van der Waals surface area contributed by atoms with Gasteiger partial charge in [-0.3, -0.25) is 4.68 Å². The van der Waals surface area contributed by atoms with Crippen molar-refractivity contribution in [3.05, 3.63) is 93.4 Å². The molecule has 0 atom stereocenters. The molecule has 0 unspecified atom stereocenters. The van der Waals surface area contributed by atoms with Crippen LogP contribution in [0.25, 0.3) is 22.5 Å². The maximum absolute atomic E-state index is 6.82. The highest BCUT2D eigenvalue weighted by Crippen LogP contribution is 2.37. The van der Waals surface area contributed by atoms with Gasteiger partial charge in [0.25, 0.3) is 0 Å². The van der Waals surface area contributed by atoms with Gasteiger partial charge in [0, 0.05) is 21.2 Å². The number of aromatic nitrogens is 2. The molecule has 1 heterocycles. The predicted octanol–water partition coefficient (Wildman–Crippen LogP) is 7.23. The molecule has 1 aromatic heterocycles. The summed E-state index contributed by atoms with van der Waals surface area (Å²) in [5.74, 6) is 0.812. The van der Waals surface area contributed by atoms with Crippen LogP contribution in [0.1, 0.15) is 5.56 Å². The fourth-order valence-electron chi connectivity index (χ4n) is 3.13. The smallest absolute Gasteiger partial charge is 0.118 e. The van der Waals surface area contributed by atoms with E-state index in [9.17, 15) is 0 Å². The molecule has 0 spiro atoms. The van der Waals surface area contributed by atoms with Gasteiger partial charge in [-0.25, -0.2) is 0 Å². The van der Waals surface area contributed by atoms with Crippen LogP contribution in [-0.4, -0.2) is 16.9 Å². The zero-order valence-electron chi connectivity index (χ0n) is 15.6. The van der Waals surface area contributed by atoms with Gasteiger partial charge in [-0.1, -0.05) is 71.2 Å². The Balaban J connectivity index is 1.81. The first-order valence-electron chi connectivity index (χ1n) is 8.96. The number of hydrogen-bond donors (Lipinski definition) is 0. The van der Waals surface area contributed by atoms with Crippen LogP contribution in [0.3, 0.4) is 0 Å². The van der Waals surface area contributed by atoms with Crippen molar-refractivity contribution in [2.24, 2.45) is 0 Å². The number of halogens is 3. The Morgan fingerprint density at radius 2 is 1.31 bits per heavy atom. The number of nitrogens with zero attached hydrogens (tertiary/aromatic N) is 2. The van der Waals surface area contributed by atoms with Crippen molar-refractivity contribution < 1.29 is 4.74 Å². The maximum Gasteiger partial charge on any atom is 0.118 e. The third-order valence-electron chi connectivity index (χ3n) is 4.62. The molecule has 6 heteroatoms. The summed E-state index contributed by atoms with van der Waals surface area (Å²) in [5, 5.41) is 6.75. The van der Waals surface area contributed by atoms with E-state index in [0.29, 0.717) is 27.3 Å². The first-order valence-corrected chi connectivity index (χ1v) is 10.1. The predicted molar refractivity (Wildman–Crippen MR) is 120 cm³/mol. The van der Waals surface area contributed by atoms with Crippen LogP contribution in [0.5, 0.6) is 5.75 Å². The number of rotatable bonds is 5. The number of ether oxygens (including phenoxy) is 1. The van der Waals surface area contributed by atoms with E-state index in [4.69, 9.17) is 44.6 Å². The Labute approximate surface area is 184 Å². The lowest BCUT2D eigenvalue weighted by Crippen LogP contribution is -2.04. The molecule has 0 fully saturated rings. The average Bonchev–Trinajstić information content (AvgIpc) is 3.06. The monoisotopic (exact) mass is 442 g/mol. The lowest BCUT2D eigenvalue weighted by atomic mass is 10.1. The van der Waals surface area contributed by atoms with Crippen LogP contribution >= 0.6 is 34.8 Å². The quantitative estimate of drug-likeness (QED) is 0.325. The summed E-state index contributed by atoms with van der Waals surface area (Å²) >= 11 is 18.9. The van der Waals surface area contributed by atoms with Crippen LogP contribution in [0, 0.1) is 0 Å². The van der Waals surface area contributed by atoms with E-state index in [0.717, 1.165) is 28.1 Å². The van der Waals surface area contributed by atoms with Gasteiger partial charge in [0.05, 0.1) is 24.4 Å². The van der Waals surface area contributed by atoms with Crippen LogP contribution in [0.2, 0.25) is 15.1 Å². The molecule has 0 radical (unpaired) electrons. The lowest BCUT2D eigenvalue weighted by molar-refractivity contribution is 0.414. The van der Waals surface area contributed by atoms with E-state index in [1.165, 1.54) is 0 Å². The number of benzene rings is 3. The van der Waals surface area contributed by atoms with Crippen molar-refractivity contribution in [3.63, 3.8) is 0 Å². The van der Waals surface area contributed by atoms with Crippen molar-refractivity contribution >= 4 is 34.8 Å². The Morgan fingerprint density at radius 1 is 0.759 bits per heavy atom. The van der Waals surface area contributed by atoms with Gasteiger partial charge in [0.1, 0.15) is 11.4 Å². The molecule has 0 N–H and O–H groups in total. The minimum atomic E-state index is 0.565. The molecule has 146 valence electrons. The van der Waals surface area contributed by atoms with E-state index < -0.39 is 0 Å². The summed E-state index contributed by atoms with van der Waals surface area (Å²) < 4.78 is 7.16. The molecular formula is C23H17Cl3N2O. The van der Waals surface area contributed by atoms with Gasteiger partial charge in [-0.05, 0) is 42.0 Å². The van der Waals surface area contributed by atoms with Crippen molar-refractivity contribution in [3.8, 4) is 28.3 Å². The first kappa shape index (κ1) is 19.8. The van der Waals surface area contributed by atoms with Crippen LogP contribution in [0.4, 0.5) is 0 Å². The highest BCUT2D eigenvalue weighted by molar-refractivity contribution is 6.36. The topological polar surface area (TPSA) is 27.1 Å². The van der Waals surface area contributed by atoms with Gasteiger partial charge < -0.3 is 4.74 Å². The molecule has 0 saturated carbocycles. The first-order chi connectivity index (χ1) is 14.0. The highest BCUT2D eigenvalue weighted by Gasteiger charge is 2.19. The third-order valence-corrected chi connectivity index (χ3v) is 5.48. The molecule has 4 aromatic rings. The van der Waals surface area contributed by atoms with Crippen LogP contribution in [-0.2, 0) is 6.54 Å². The fourth-order valence-corrected chi connectivity index (χ4v) is 3.74. The Morgan fingerprint density at radius 3 is 1.86 bits per heavy atom.